The van der Waals surface area contributed by atoms with Crippen LogP contribution in [0.2, 0.25) is 0 Å². The van der Waals surface area contributed by atoms with Gasteiger partial charge in [0.05, 0.1) is 6.54 Å². The monoisotopic (exact) mass is 279 g/mol. The Morgan fingerprint density at radius 2 is 2.20 bits per heavy atom. The average Bonchev–Trinajstić information content (AvgIpc) is 3.23. The van der Waals surface area contributed by atoms with Crippen LogP contribution < -0.4 is 15.4 Å². The topological polar surface area (TPSA) is 45.7 Å². The molecular formula is C15H22FN3O. The molecule has 0 spiro atoms. The molecule has 0 saturated heterocycles. The summed E-state index contributed by atoms with van der Waals surface area (Å²) in [7, 11) is 0. The van der Waals surface area contributed by atoms with Crippen LogP contribution >= 0.6 is 0 Å². The van der Waals surface area contributed by atoms with Gasteiger partial charge in [-0.1, -0.05) is 12.1 Å². The van der Waals surface area contributed by atoms with Gasteiger partial charge in [-0.2, -0.15) is 0 Å². The van der Waals surface area contributed by atoms with Crippen molar-refractivity contribution in [2.75, 3.05) is 13.1 Å². The molecule has 20 heavy (non-hydrogen) atoms. The van der Waals surface area contributed by atoms with Gasteiger partial charge in [0.25, 0.3) is 0 Å². The molecule has 1 aliphatic carbocycles. The van der Waals surface area contributed by atoms with Gasteiger partial charge in [-0.3, -0.25) is 0 Å². The van der Waals surface area contributed by atoms with E-state index in [0.29, 0.717) is 12.6 Å². The Morgan fingerprint density at radius 3 is 2.85 bits per heavy atom. The first-order valence-corrected chi connectivity index (χ1v) is 7.15. The molecule has 0 bridgehead atoms. The van der Waals surface area contributed by atoms with Crippen LogP contribution in [0.3, 0.4) is 0 Å². The van der Waals surface area contributed by atoms with E-state index in [1.54, 1.807) is 18.2 Å². The van der Waals surface area contributed by atoms with Gasteiger partial charge in [0.1, 0.15) is 6.10 Å². The lowest BCUT2D eigenvalue weighted by Crippen LogP contribution is -2.39. The molecule has 0 radical (unpaired) electrons. The number of nitrogens with one attached hydrogen (secondary N) is 2. The molecule has 1 saturated carbocycles. The molecule has 0 aromatic heterocycles. The number of ether oxygens (including phenoxy) is 1. The van der Waals surface area contributed by atoms with Gasteiger partial charge >= 0.3 is 0 Å². The van der Waals surface area contributed by atoms with Crippen LogP contribution in [0.15, 0.2) is 29.3 Å². The van der Waals surface area contributed by atoms with Crippen LogP contribution in [0, 0.1) is 5.82 Å². The number of para-hydroxylation sites is 1. The fourth-order valence-electron chi connectivity index (χ4n) is 1.76. The first-order valence-electron chi connectivity index (χ1n) is 7.15. The molecule has 1 aliphatic rings. The molecule has 5 heteroatoms. The van der Waals surface area contributed by atoms with E-state index in [0.717, 1.165) is 12.5 Å². The zero-order valence-corrected chi connectivity index (χ0v) is 12.0. The van der Waals surface area contributed by atoms with Gasteiger partial charge < -0.3 is 15.4 Å². The molecule has 0 heterocycles. The second-order valence-corrected chi connectivity index (χ2v) is 5.00. The summed E-state index contributed by atoms with van der Waals surface area (Å²) in [6, 6.07) is 6.98. The van der Waals surface area contributed by atoms with Crippen molar-refractivity contribution in [2.24, 2.45) is 4.99 Å². The number of guanidine groups is 1. The largest absolute Gasteiger partial charge is 0.486 e. The summed E-state index contributed by atoms with van der Waals surface area (Å²) in [6.07, 6.45) is 2.22. The quantitative estimate of drug-likeness (QED) is 0.620. The standard InChI is InChI=1S/C15H22FN3O/c1-3-17-15(19-12-8-9-12)18-10-11(2)20-14-7-5-4-6-13(14)16/h4-7,11-12H,3,8-10H2,1-2H3,(H2,17,18,19). The highest BCUT2D eigenvalue weighted by atomic mass is 19.1. The molecule has 4 nitrogen and oxygen atoms in total. The normalized spacial score (nSPS) is 16.6. The minimum Gasteiger partial charge on any atom is -0.486 e. The Bertz CT molecular complexity index is 460. The fourth-order valence-corrected chi connectivity index (χ4v) is 1.76. The lowest BCUT2D eigenvalue weighted by Gasteiger charge is -2.15. The van der Waals surface area contributed by atoms with Crippen LogP contribution in [0.25, 0.3) is 0 Å². The minimum atomic E-state index is -0.341. The van der Waals surface area contributed by atoms with Crippen molar-refractivity contribution in [1.29, 1.82) is 0 Å². The average molecular weight is 279 g/mol. The highest BCUT2D eigenvalue weighted by Crippen LogP contribution is 2.18. The van der Waals surface area contributed by atoms with Crippen LogP contribution in [0.1, 0.15) is 26.7 Å². The van der Waals surface area contributed by atoms with Gasteiger partial charge in [0.2, 0.25) is 0 Å². The van der Waals surface area contributed by atoms with Gasteiger partial charge in [-0.15, -0.1) is 0 Å². The van der Waals surface area contributed by atoms with E-state index in [1.165, 1.54) is 18.9 Å². The summed E-state index contributed by atoms with van der Waals surface area (Å²) in [5.74, 6) is 0.737. The molecule has 2 rings (SSSR count). The van der Waals surface area contributed by atoms with Crippen LogP contribution in [-0.4, -0.2) is 31.2 Å². The van der Waals surface area contributed by atoms with Crippen molar-refractivity contribution in [1.82, 2.24) is 10.6 Å². The van der Waals surface area contributed by atoms with E-state index in [4.69, 9.17) is 4.74 Å². The molecule has 0 amide bonds. The predicted octanol–water partition coefficient (Wildman–Crippen LogP) is 2.31. The summed E-state index contributed by atoms with van der Waals surface area (Å²) in [6.45, 7) is 5.22. The summed E-state index contributed by atoms with van der Waals surface area (Å²) >= 11 is 0. The van der Waals surface area contributed by atoms with Crippen LogP contribution in [0.5, 0.6) is 5.75 Å². The van der Waals surface area contributed by atoms with Gasteiger partial charge in [0, 0.05) is 12.6 Å². The van der Waals surface area contributed by atoms with Crippen molar-refractivity contribution in [3.05, 3.63) is 30.1 Å². The van der Waals surface area contributed by atoms with E-state index < -0.39 is 0 Å². The lowest BCUT2D eigenvalue weighted by atomic mass is 10.3. The molecule has 110 valence electrons. The molecule has 1 aromatic rings. The minimum absolute atomic E-state index is 0.179. The Balaban J connectivity index is 1.85. The van der Waals surface area contributed by atoms with Gasteiger partial charge in [0.15, 0.2) is 17.5 Å². The maximum atomic E-state index is 13.5. The number of hydrogen-bond donors (Lipinski definition) is 2. The smallest absolute Gasteiger partial charge is 0.191 e. The van der Waals surface area contributed by atoms with Crippen molar-refractivity contribution in [3.8, 4) is 5.75 Å². The van der Waals surface area contributed by atoms with E-state index in [1.807, 2.05) is 13.8 Å². The van der Waals surface area contributed by atoms with Gasteiger partial charge in [-0.05, 0) is 38.8 Å². The Labute approximate surface area is 119 Å². The number of hydrogen-bond acceptors (Lipinski definition) is 2. The lowest BCUT2D eigenvalue weighted by molar-refractivity contribution is 0.220. The SMILES string of the molecule is CCNC(=NCC(C)Oc1ccccc1F)NC1CC1. The van der Waals surface area contributed by atoms with E-state index in [2.05, 4.69) is 15.6 Å². The van der Waals surface area contributed by atoms with Crippen molar-refractivity contribution >= 4 is 5.96 Å². The van der Waals surface area contributed by atoms with Crippen molar-refractivity contribution in [2.45, 2.75) is 38.8 Å². The summed E-state index contributed by atoms with van der Waals surface area (Å²) in [4.78, 5) is 4.47. The zero-order valence-electron chi connectivity index (χ0n) is 12.0. The third kappa shape index (κ3) is 4.72. The number of halogens is 1. The molecular weight excluding hydrogens is 257 g/mol. The van der Waals surface area contributed by atoms with Crippen molar-refractivity contribution < 1.29 is 9.13 Å². The van der Waals surface area contributed by atoms with Gasteiger partial charge in [-0.25, -0.2) is 9.38 Å². The van der Waals surface area contributed by atoms with Crippen molar-refractivity contribution in [3.63, 3.8) is 0 Å². The number of benzene rings is 1. The molecule has 0 aliphatic heterocycles. The highest BCUT2D eigenvalue weighted by molar-refractivity contribution is 5.80. The number of aliphatic imine (C=N–C) groups is 1. The third-order valence-corrected chi connectivity index (χ3v) is 2.93. The maximum Gasteiger partial charge on any atom is 0.191 e. The number of nitrogens with zero attached hydrogens (tertiary/aromatic N) is 1. The Hall–Kier alpha value is -1.78. The first-order chi connectivity index (χ1) is 9.69. The second kappa shape index (κ2) is 7.12. The molecule has 1 fully saturated rings. The van der Waals surface area contributed by atoms with Crippen LogP contribution in [0.4, 0.5) is 4.39 Å². The molecule has 2 N–H and O–H groups in total. The predicted molar refractivity (Wildman–Crippen MR) is 78.6 cm³/mol. The van der Waals surface area contributed by atoms with E-state index >= 15 is 0 Å². The third-order valence-electron chi connectivity index (χ3n) is 2.93. The van der Waals surface area contributed by atoms with E-state index in [-0.39, 0.29) is 17.7 Å². The number of rotatable bonds is 6. The second-order valence-electron chi connectivity index (χ2n) is 5.00. The molecule has 1 atom stereocenters. The fraction of sp³-hybridized carbons (Fsp3) is 0.533. The molecule has 1 aromatic carbocycles. The zero-order chi connectivity index (χ0) is 14.4. The highest BCUT2D eigenvalue weighted by Gasteiger charge is 2.22. The molecule has 1 unspecified atom stereocenters. The Morgan fingerprint density at radius 1 is 1.45 bits per heavy atom. The van der Waals surface area contributed by atoms with E-state index in [9.17, 15) is 4.39 Å². The Kier molecular flexibility index (Phi) is 5.21. The summed E-state index contributed by atoms with van der Waals surface area (Å²) in [5, 5.41) is 6.53. The summed E-state index contributed by atoms with van der Waals surface area (Å²) < 4.78 is 19.0. The first kappa shape index (κ1) is 14.6. The maximum absolute atomic E-state index is 13.5. The van der Waals surface area contributed by atoms with Crippen LogP contribution in [-0.2, 0) is 0 Å². The summed E-state index contributed by atoms with van der Waals surface area (Å²) in [5.41, 5.74) is 0.